The maximum atomic E-state index is 12.0. The molecule has 0 spiro atoms. The minimum absolute atomic E-state index is 0.0697. The van der Waals surface area contributed by atoms with E-state index in [1.54, 1.807) is 25.3 Å². The quantitative estimate of drug-likeness (QED) is 0.811. The van der Waals surface area contributed by atoms with Crippen LogP contribution in [-0.4, -0.2) is 21.6 Å². The fraction of sp³-hybridized carbons (Fsp3) is 0.455. The average molecular weight is 369 g/mol. The van der Waals surface area contributed by atoms with Gasteiger partial charge in [-0.15, -0.1) is 0 Å². The summed E-state index contributed by atoms with van der Waals surface area (Å²) in [5.41, 5.74) is 0. The van der Waals surface area contributed by atoms with Crippen LogP contribution in [0.5, 0.6) is 5.75 Å². The molecule has 17 heavy (non-hydrogen) atoms. The molecule has 96 valence electrons. The number of halogens is 1. The van der Waals surface area contributed by atoms with E-state index in [9.17, 15) is 8.42 Å². The Labute approximate surface area is 116 Å². The number of sulfonamides is 1. The van der Waals surface area contributed by atoms with Crippen molar-refractivity contribution in [3.63, 3.8) is 0 Å². The van der Waals surface area contributed by atoms with Crippen LogP contribution in [0, 0.1) is 3.57 Å². The second kappa shape index (κ2) is 6.01. The zero-order chi connectivity index (χ0) is 13.1. The Balaban J connectivity index is 3.04. The van der Waals surface area contributed by atoms with Gasteiger partial charge >= 0.3 is 0 Å². The monoisotopic (exact) mass is 369 g/mol. The van der Waals surface area contributed by atoms with Crippen molar-refractivity contribution in [2.45, 2.75) is 31.2 Å². The second-order valence-electron chi connectivity index (χ2n) is 3.73. The summed E-state index contributed by atoms with van der Waals surface area (Å²) >= 11 is 2.05. The maximum Gasteiger partial charge on any atom is 0.240 e. The Kier molecular flexibility index (Phi) is 5.21. The highest BCUT2D eigenvalue weighted by molar-refractivity contribution is 14.1. The van der Waals surface area contributed by atoms with E-state index >= 15 is 0 Å². The molecule has 0 aliphatic heterocycles. The molecule has 0 heterocycles. The predicted molar refractivity (Wildman–Crippen MR) is 75.8 cm³/mol. The first kappa shape index (κ1) is 14.7. The van der Waals surface area contributed by atoms with E-state index < -0.39 is 10.0 Å². The molecule has 1 aromatic carbocycles. The first-order valence-electron chi connectivity index (χ1n) is 5.26. The van der Waals surface area contributed by atoms with Crippen molar-refractivity contribution in [2.75, 3.05) is 7.11 Å². The summed E-state index contributed by atoms with van der Waals surface area (Å²) in [5, 5.41) is 0. The Morgan fingerprint density at radius 1 is 1.47 bits per heavy atom. The lowest BCUT2D eigenvalue weighted by Crippen LogP contribution is -2.32. The molecule has 1 N–H and O–H groups in total. The third kappa shape index (κ3) is 3.82. The van der Waals surface area contributed by atoms with E-state index in [4.69, 9.17) is 4.74 Å². The normalized spacial score (nSPS) is 13.4. The number of nitrogens with one attached hydrogen (secondary N) is 1. The minimum atomic E-state index is -3.43. The number of benzene rings is 1. The predicted octanol–water partition coefficient (Wildman–Crippen LogP) is 2.38. The van der Waals surface area contributed by atoms with E-state index in [1.807, 2.05) is 13.8 Å². The van der Waals surface area contributed by atoms with Crippen molar-refractivity contribution in [1.29, 1.82) is 0 Å². The van der Waals surface area contributed by atoms with Gasteiger partial charge in [-0.25, -0.2) is 13.1 Å². The number of hydrogen-bond donors (Lipinski definition) is 1. The fourth-order valence-corrected chi connectivity index (χ4v) is 3.53. The Morgan fingerprint density at radius 3 is 2.59 bits per heavy atom. The van der Waals surface area contributed by atoms with E-state index in [2.05, 4.69) is 27.3 Å². The molecule has 0 radical (unpaired) electrons. The third-order valence-electron chi connectivity index (χ3n) is 2.40. The molecule has 0 bridgehead atoms. The van der Waals surface area contributed by atoms with Crippen molar-refractivity contribution in [3.8, 4) is 5.75 Å². The molecule has 0 amide bonds. The summed E-state index contributed by atoms with van der Waals surface area (Å²) in [6.45, 7) is 3.77. The van der Waals surface area contributed by atoms with Crippen LogP contribution in [-0.2, 0) is 10.0 Å². The zero-order valence-electron chi connectivity index (χ0n) is 10.0. The van der Waals surface area contributed by atoms with E-state index in [1.165, 1.54) is 0 Å². The highest BCUT2D eigenvalue weighted by Gasteiger charge is 2.17. The van der Waals surface area contributed by atoms with Crippen LogP contribution in [0.1, 0.15) is 20.3 Å². The molecule has 6 heteroatoms. The van der Waals surface area contributed by atoms with Gasteiger partial charge in [-0.1, -0.05) is 6.92 Å². The van der Waals surface area contributed by atoms with Crippen molar-refractivity contribution in [1.82, 2.24) is 4.72 Å². The molecule has 0 saturated carbocycles. The van der Waals surface area contributed by atoms with Gasteiger partial charge < -0.3 is 4.74 Å². The molecule has 4 nitrogen and oxygen atoms in total. The Bertz CT molecular complexity index is 487. The lowest BCUT2D eigenvalue weighted by Gasteiger charge is -2.13. The molecule has 1 atom stereocenters. The summed E-state index contributed by atoms with van der Waals surface area (Å²) < 4.78 is 32.5. The van der Waals surface area contributed by atoms with Gasteiger partial charge in [0.1, 0.15) is 5.75 Å². The van der Waals surface area contributed by atoms with Crippen LogP contribution in [0.2, 0.25) is 0 Å². The summed E-state index contributed by atoms with van der Waals surface area (Å²) in [5.74, 6) is 0.674. The van der Waals surface area contributed by atoms with Crippen LogP contribution in [0.4, 0.5) is 0 Å². The molecule has 0 unspecified atom stereocenters. The van der Waals surface area contributed by atoms with Crippen molar-refractivity contribution < 1.29 is 13.2 Å². The zero-order valence-corrected chi connectivity index (χ0v) is 13.0. The first-order chi connectivity index (χ1) is 7.90. The summed E-state index contributed by atoms with van der Waals surface area (Å²) in [7, 11) is -1.87. The van der Waals surface area contributed by atoms with Gasteiger partial charge in [-0.05, 0) is 54.1 Å². The SMILES string of the molecule is CC[C@@H](C)NS(=O)(=O)c1ccc(OC)c(I)c1. The number of rotatable bonds is 5. The highest BCUT2D eigenvalue weighted by Crippen LogP contribution is 2.23. The third-order valence-corrected chi connectivity index (χ3v) is 4.83. The smallest absolute Gasteiger partial charge is 0.240 e. The highest BCUT2D eigenvalue weighted by atomic mass is 127. The van der Waals surface area contributed by atoms with Gasteiger partial charge in [0.25, 0.3) is 0 Å². The topological polar surface area (TPSA) is 55.4 Å². The Hall–Kier alpha value is -0.340. The van der Waals surface area contributed by atoms with Gasteiger partial charge in [0.05, 0.1) is 15.6 Å². The molecular formula is C11H16INO3S. The van der Waals surface area contributed by atoms with Gasteiger partial charge in [-0.3, -0.25) is 0 Å². The molecule has 1 aromatic rings. The maximum absolute atomic E-state index is 12.0. The van der Waals surface area contributed by atoms with Crippen LogP contribution in [0.25, 0.3) is 0 Å². The van der Waals surface area contributed by atoms with E-state index in [0.717, 1.165) is 9.99 Å². The standard InChI is InChI=1S/C11H16INO3S/c1-4-8(2)13-17(14,15)9-5-6-11(16-3)10(12)7-9/h5-8,13H,4H2,1-3H3/t8-/m1/s1. The van der Waals surface area contributed by atoms with Crippen LogP contribution >= 0.6 is 22.6 Å². The first-order valence-corrected chi connectivity index (χ1v) is 7.82. The van der Waals surface area contributed by atoms with Crippen LogP contribution in [0.15, 0.2) is 23.1 Å². The lowest BCUT2D eigenvalue weighted by atomic mass is 10.3. The van der Waals surface area contributed by atoms with Crippen molar-refractivity contribution in [3.05, 3.63) is 21.8 Å². The fourth-order valence-electron chi connectivity index (χ4n) is 1.23. The van der Waals surface area contributed by atoms with Gasteiger partial charge in [0.15, 0.2) is 0 Å². The van der Waals surface area contributed by atoms with Crippen LogP contribution < -0.4 is 9.46 Å². The number of ether oxygens (including phenoxy) is 1. The molecule has 0 aliphatic rings. The molecular weight excluding hydrogens is 353 g/mol. The largest absolute Gasteiger partial charge is 0.496 e. The van der Waals surface area contributed by atoms with Gasteiger partial charge in [0, 0.05) is 6.04 Å². The summed E-state index contributed by atoms with van der Waals surface area (Å²) in [4.78, 5) is 0.267. The second-order valence-corrected chi connectivity index (χ2v) is 6.60. The molecule has 0 saturated heterocycles. The van der Waals surface area contributed by atoms with Crippen molar-refractivity contribution in [2.24, 2.45) is 0 Å². The lowest BCUT2D eigenvalue weighted by molar-refractivity contribution is 0.411. The summed E-state index contributed by atoms with van der Waals surface area (Å²) in [6.07, 6.45) is 0.756. The average Bonchev–Trinajstić information content (AvgIpc) is 2.28. The molecule has 1 rings (SSSR count). The minimum Gasteiger partial charge on any atom is -0.496 e. The van der Waals surface area contributed by atoms with Gasteiger partial charge in [-0.2, -0.15) is 0 Å². The van der Waals surface area contributed by atoms with Gasteiger partial charge in [0.2, 0.25) is 10.0 Å². The number of hydrogen-bond acceptors (Lipinski definition) is 3. The number of methoxy groups -OCH3 is 1. The molecule has 0 fully saturated rings. The molecule has 0 aromatic heterocycles. The van der Waals surface area contributed by atoms with E-state index in [-0.39, 0.29) is 10.9 Å². The van der Waals surface area contributed by atoms with E-state index in [0.29, 0.717) is 5.75 Å². The summed E-state index contributed by atoms with van der Waals surface area (Å²) in [6, 6.07) is 4.74. The Morgan fingerprint density at radius 2 is 2.12 bits per heavy atom. The van der Waals surface area contributed by atoms with Crippen molar-refractivity contribution >= 4 is 32.6 Å². The molecule has 0 aliphatic carbocycles. The van der Waals surface area contributed by atoms with Crippen LogP contribution in [0.3, 0.4) is 0 Å².